The van der Waals surface area contributed by atoms with Crippen molar-refractivity contribution in [3.8, 4) is 0 Å². The van der Waals surface area contributed by atoms with Crippen molar-refractivity contribution in [2.45, 2.75) is 44.0 Å². The van der Waals surface area contributed by atoms with Crippen molar-refractivity contribution in [3.05, 3.63) is 63.5 Å². The van der Waals surface area contributed by atoms with Crippen molar-refractivity contribution in [2.75, 3.05) is 5.32 Å². The first-order valence-corrected chi connectivity index (χ1v) is 11.5. The van der Waals surface area contributed by atoms with Gasteiger partial charge < -0.3 is 10.6 Å². The van der Waals surface area contributed by atoms with Crippen LogP contribution in [0.3, 0.4) is 0 Å². The van der Waals surface area contributed by atoms with Crippen LogP contribution in [0.4, 0.5) is 5.69 Å². The van der Waals surface area contributed by atoms with Crippen LogP contribution in [0, 0.1) is 11.8 Å². The van der Waals surface area contributed by atoms with Crippen molar-refractivity contribution in [3.63, 3.8) is 0 Å². The van der Waals surface area contributed by atoms with Gasteiger partial charge in [0.1, 0.15) is 0 Å². The molecular weight excluding hydrogens is 416 g/mol. The number of benzene rings is 2. The molecule has 2 aromatic rings. The van der Waals surface area contributed by atoms with Crippen LogP contribution >= 0.6 is 23.4 Å². The Labute approximate surface area is 186 Å². The van der Waals surface area contributed by atoms with Crippen molar-refractivity contribution >= 4 is 46.9 Å². The average molecular weight is 441 g/mol. The highest BCUT2D eigenvalue weighted by Crippen LogP contribution is 2.39. The Bertz CT molecular complexity index is 1020. The summed E-state index contributed by atoms with van der Waals surface area (Å²) in [7, 11) is 0. The van der Waals surface area contributed by atoms with Crippen LogP contribution in [-0.4, -0.2) is 17.9 Å². The second-order valence-corrected chi connectivity index (χ2v) is 9.70. The summed E-state index contributed by atoms with van der Waals surface area (Å²) in [5, 5.41) is 6.74. The van der Waals surface area contributed by atoms with E-state index in [1.807, 2.05) is 36.4 Å². The van der Waals surface area contributed by atoms with Gasteiger partial charge in [-0.2, -0.15) is 0 Å². The van der Waals surface area contributed by atoms with E-state index in [1.165, 1.54) is 18.2 Å². The van der Waals surface area contributed by atoms with Gasteiger partial charge in [-0.3, -0.25) is 9.59 Å². The van der Waals surface area contributed by atoms with Crippen LogP contribution in [0.15, 0.2) is 52.3 Å². The van der Waals surface area contributed by atoms with Gasteiger partial charge in [0.15, 0.2) is 0 Å². The van der Waals surface area contributed by atoms with E-state index in [9.17, 15) is 9.59 Å². The highest BCUT2D eigenvalue weighted by Gasteiger charge is 2.29. The number of hydrogen-bond donors (Lipinski definition) is 2. The summed E-state index contributed by atoms with van der Waals surface area (Å²) >= 11 is 7.44. The van der Waals surface area contributed by atoms with Gasteiger partial charge in [0, 0.05) is 21.5 Å². The molecule has 0 bridgehead atoms. The first-order valence-electron chi connectivity index (χ1n) is 10.3. The number of nitrogens with one attached hydrogen (secondary N) is 2. The lowest BCUT2D eigenvalue weighted by Crippen LogP contribution is -2.43. The van der Waals surface area contributed by atoms with Gasteiger partial charge in [-0.25, -0.2) is 0 Å². The molecule has 30 heavy (non-hydrogen) atoms. The fourth-order valence-electron chi connectivity index (χ4n) is 4.09. The Balaban J connectivity index is 1.50. The summed E-state index contributed by atoms with van der Waals surface area (Å²) in [6.45, 7) is 4.47. The second kappa shape index (κ2) is 8.86. The summed E-state index contributed by atoms with van der Waals surface area (Å²) in [4.78, 5) is 26.9. The zero-order valence-electron chi connectivity index (χ0n) is 17.1. The van der Waals surface area contributed by atoms with Crippen LogP contribution < -0.4 is 10.6 Å². The molecule has 0 radical (unpaired) electrons. The highest BCUT2D eigenvalue weighted by atomic mass is 35.5. The fourth-order valence-corrected chi connectivity index (χ4v) is 5.22. The zero-order chi connectivity index (χ0) is 21.3. The average Bonchev–Trinajstić information content (AvgIpc) is 2.71. The molecule has 1 fully saturated rings. The minimum absolute atomic E-state index is 0.0803. The molecule has 0 spiro atoms. The number of anilines is 1. The van der Waals surface area contributed by atoms with Crippen LogP contribution in [0.25, 0.3) is 6.08 Å². The Morgan fingerprint density at radius 2 is 2.03 bits per heavy atom. The normalized spacial score (nSPS) is 24.8. The topological polar surface area (TPSA) is 58.2 Å². The van der Waals surface area contributed by atoms with Crippen LogP contribution in [0.5, 0.6) is 0 Å². The molecule has 2 aliphatic rings. The molecule has 4 nitrogen and oxygen atoms in total. The molecule has 4 rings (SSSR count). The number of fused-ring (bicyclic) bond motifs is 1. The number of rotatable bonds is 3. The van der Waals surface area contributed by atoms with E-state index in [2.05, 4.69) is 24.5 Å². The number of carbonyl (C=O) groups excluding carboxylic acids is 2. The van der Waals surface area contributed by atoms with E-state index in [0.29, 0.717) is 33.0 Å². The maximum atomic E-state index is 12.8. The molecular formula is C24H25ClN2O2S. The van der Waals surface area contributed by atoms with E-state index < -0.39 is 0 Å². The smallest absolute Gasteiger partial charge is 0.262 e. The van der Waals surface area contributed by atoms with Crippen molar-refractivity contribution < 1.29 is 9.59 Å². The van der Waals surface area contributed by atoms with E-state index in [1.54, 1.807) is 12.1 Å². The van der Waals surface area contributed by atoms with Gasteiger partial charge in [0.25, 0.3) is 11.8 Å². The van der Waals surface area contributed by atoms with Crippen molar-refractivity contribution in [1.82, 2.24) is 5.32 Å². The minimum atomic E-state index is -0.181. The molecule has 1 saturated carbocycles. The van der Waals surface area contributed by atoms with E-state index in [-0.39, 0.29) is 17.9 Å². The molecule has 1 aliphatic heterocycles. The predicted octanol–water partition coefficient (Wildman–Crippen LogP) is 5.98. The third-order valence-corrected chi connectivity index (χ3v) is 7.44. The van der Waals surface area contributed by atoms with Gasteiger partial charge >= 0.3 is 0 Å². The standard InChI is InChI=1S/C24H25ClN2O2S/c1-14-5-3-8-19(15(14)2)26-23(28)17-9-10-21-20(13-17)27-24(29)22(30-21)12-16-6-4-7-18(25)11-16/h4,6-7,9-15,19H,3,5,8H2,1-2H3,(H,26,28)(H,27,29)/b22-12+. The Kier molecular flexibility index (Phi) is 6.21. The minimum Gasteiger partial charge on any atom is -0.349 e. The Morgan fingerprint density at radius 1 is 1.20 bits per heavy atom. The largest absolute Gasteiger partial charge is 0.349 e. The molecule has 1 aliphatic carbocycles. The van der Waals surface area contributed by atoms with Gasteiger partial charge in [0.05, 0.1) is 10.6 Å². The number of halogens is 1. The lowest BCUT2D eigenvalue weighted by molar-refractivity contribution is -0.112. The predicted molar refractivity (Wildman–Crippen MR) is 124 cm³/mol. The number of amides is 2. The molecule has 6 heteroatoms. The fraction of sp³-hybridized carbons (Fsp3) is 0.333. The highest BCUT2D eigenvalue weighted by molar-refractivity contribution is 8.04. The monoisotopic (exact) mass is 440 g/mol. The molecule has 2 aromatic carbocycles. The molecule has 3 unspecified atom stereocenters. The molecule has 3 atom stereocenters. The second-order valence-electron chi connectivity index (χ2n) is 8.18. The van der Waals surface area contributed by atoms with E-state index >= 15 is 0 Å². The van der Waals surface area contributed by atoms with Gasteiger partial charge in [-0.15, -0.1) is 0 Å². The first-order chi connectivity index (χ1) is 14.4. The Hall–Kier alpha value is -2.24. The van der Waals surface area contributed by atoms with Gasteiger partial charge in [0.2, 0.25) is 0 Å². The molecule has 2 N–H and O–H groups in total. The quantitative estimate of drug-likeness (QED) is 0.577. The summed E-state index contributed by atoms with van der Waals surface area (Å²) in [5.74, 6) is 0.825. The van der Waals surface area contributed by atoms with E-state index in [0.717, 1.165) is 23.3 Å². The maximum absolute atomic E-state index is 12.8. The SMILES string of the molecule is CC1CCCC(NC(=O)c2ccc3c(c2)NC(=O)/C(=C\c2cccc(Cl)c2)S3)C1C. The summed E-state index contributed by atoms with van der Waals surface area (Å²) < 4.78 is 0. The number of thioether (sulfide) groups is 1. The number of hydrogen-bond acceptors (Lipinski definition) is 3. The molecule has 0 aromatic heterocycles. The first kappa shape index (κ1) is 21.0. The lowest BCUT2D eigenvalue weighted by atomic mass is 9.78. The van der Waals surface area contributed by atoms with Gasteiger partial charge in [-0.05, 0) is 60.2 Å². The zero-order valence-corrected chi connectivity index (χ0v) is 18.6. The summed E-state index contributed by atoms with van der Waals surface area (Å²) in [5.41, 5.74) is 2.11. The molecule has 0 saturated heterocycles. The van der Waals surface area contributed by atoms with Gasteiger partial charge in [-0.1, -0.05) is 62.2 Å². The number of carbonyl (C=O) groups is 2. The summed E-state index contributed by atoms with van der Waals surface area (Å²) in [6.07, 6.45) is 5.21. The third-order valence-electron chi connectivity index (χ3n) is 6.10. The van der Waals surface area contributed by atoms with Crippen molar-refractivity contribution in [1.29, 1.82) is 0 Å². The van der Waals surface area contributed by atoms with Crippen molar-refractivity contribution in [2.24, 2.45) is 11.8 Å². The molecule has 2 amide bonds. The summed E-state index contributed by atoms with van der Waals surface area (Å²) in [6, 6.07) is 13.1. The van der Waals surface area contributed by atoms with Crippen LogP contribution in [-0.2, 0) is 4.79 Å². The molecule has 156 valence electrons. The van der Waals surface area contributed by atoms with E-state index in [4.69, 9.17) is 11.6 Å². The van der Waals surface area contributed by atoms with Crippen LogP contribution in [0.2, 0.25) is 5.02 Å². The molecule has 1 heterocycles. The maximum Gasteiger partial charge on any atom is 0.262 e. The Morgan fingerprint density at radius 3 is 2.83 bits per heavy atom. The third kappa shape index (κ3) is 4.57. The van der Waals surface area contributed by atoms with Crippen LogP contribution in [0.1, 0.15) is 49.0 Å². The lowest BCUT2D eigenvalue weighted by Gasteiger charge is -2.34.